The standard InChI is InChI=1S/C31H25F5N6O/c32-19-8-15(9-20(33)13-19)10-24(25-21(2-1-6-38-25)18-11-17-5-7-39-30(17)40-14-18)27(29(37)43)42-26-22(4-3-16-12-23(16)26)28(41-42)31(34,35)36/h1-2,5-9,11,13-14,16,23-24,27H,3-4,10,12H2,(H2,37,43)(H,39,40)/t16?,23?,24-,27?/m1/s1. The number of hydrogen-bond acceptors (Lipinski definition) is 4. The summed E-state index contributed by atoms with van der Waals surface area (Å²) in [7, 11) is 0. The summed E-state index contributed by atoms with van der Waals surface area (Å²) in [5, 5.41) is 4.82. The number of H-pyrrole nitrogens is 1. The van der Waals surface area contributed by atoms with Crippen LogP contribution in [0, 0.1) is 17.6 Å². The maximum absolute atomic E-state index is 14.3. The number of benzene rings is 1. The average molecular weight is 593 g/mol. The number of nitrogens with zero attached hydrogens (tertiary/aromatic N) is 4. The van der Waals surface area contributed by atoms with E-state index in [9.17, 15) is 26.7 Å². The van der Waals surface area contributed by atoms with Gasteiger partial charge >= 0.3 is 6.18 Å². The molecule has 3 N–H and O–H groups in total. The zero-order valence-electron chi connectivity index (χ0n) is 22.6. The monoisotopic (exact) mass is 592 g/mol. The Morgan fingerprint density at radius 1 is 1.12 bits per heavy atom. The second-order valence-electron chi connectivity index (χ2n) is 11.3. The van der Waals surface area contributed by atoms with Gasteiger partial charge in [-0.2, -0.15) is 18.3 Å². The number of hydrogen-bond donors (Lipinski definition) is 2. The molecule has 1 saturated carbocycles. The van der Waals surface area contributed by atoms with Gasteiger partial charge in [0.05, 0.1) is 5.69 Å². The maximum atomic E-state index is 14.3. The second kappa shape index (κ2) is 9.99. The number of primary amides is 1. The molecule has 1 fully saturated rings. The predicted molar refractivity (Wildman–Crippen MR) is 147 cm³/mol. The molecule has 5 aromatic rings. The number of carbonyl (C=O) groups is 1. The number of nitrogens with one attached hydrogen (secondary N) is 1. The molecule has 0 spiro atoms. The normalized spacial score (nSPS) is 19.1. The van der Waals surface area contributed by atoms with E-state index < -0.39 is 41.4 Å². The van der Waals surface area contributed by atoms with E-state index in [2.05, 4.69) is 20.1 Å². The summed E-state index contributed by atoms with van der Waals surface area (Å²) in [5.41, 5.74) is 7.75. The topological polar surface area (TPSA) is 102 Å². The first-order chi connectivity index (χ1) is 20.6. The minimum Gasteiger partial charge on any atom is -0.368 e. The minimum absolute atomic E-state index is 0.0800. The Labute approximate surface area is 242 Å². The fraction of sp³-hybridized carbons (Fsp3) is 0.290. The SMILES string of the molecule is NC(=O)C([C@H](Cc1cc(F)cc(F)c1)c1ncccc1-c1cnc2[nH]ccc2c1)n1nc(C(F)(F)F)c2c1C1CC1CC2. The highest BCUT2D eigenvalue weighted by molar-refractivity contribution is 5.83. The van der Waals surface area contributed by atoms with Crippen LogP contribution in [-0.2, 0) is 23.8 Å². The molecule has 12 heteroatoms. The number of rotatable bonds is 7. The molecule has 7 rings (SSSR count). The van der Waals surface area contributed by atoms with Crippen LogP contribution in [0.4, 0.5) is 22.0 Å². The molecule has 43 heavy (non-hydrogen) atoms. The molecule has 1 amide bonds. The van der Waals surface area contributed by atoms with Crippen molar-refractivity contribution >= 4 is 16.9 Å². The lowest BCUT2D eigenvalue weighted by atomic mass is 9.84. The molecular weight excluding hydrogens is 567 g/mol. The van der Waals surface area contributed by atoms with Gasteiger partial charge in [0.15, 0.2) is 5.69 Å². The van der Waals surface area contributed by atoms with Crippen LogP contribution in [0.25, 0.3) is 22.2 Å². The smallest absolute Gasteiger partial charge is 0.368 e. The fourth-order valence-corrected chi connectivity index (χ4v) is 6.67. The Bertz CT molecular complexity index is 1860. The van der Waals surface area contributed by atoms with E-state index in [1.807, 2.05) is 12.1 Å². The molecule has 2 aliphatic rings. The van der Waals surface area contributed by atoms with Crippen LogP contribution < -0.4 is 5.73 Å². The third-order valence-corrected chi connectivity index (χ3v) is 8.57. The first-order valence-electron chi connectivity index (χ1n) is 13.9. The third-order valence-electron chi connectivity index (χ3n) is 8.57. The number of amides is 1. The van der Waals surface area contributed by atoms with Gasteiger partial charge in [-0.25, -0.2) is 13.8 Å². The van der Waals surface area contributed by atoms with Crippen LogP contribution in [0.1, 0.15) is 58.9 Å². The van der Waals surface area contributed by atoms with Crippen molar-refractivity contribution in [2.24, 2.45) is 11.7 Å². The van der Waals surface area contributed by atoms with Crippen molar-refractivity contribution in [2.45, 2.75) is 49.7 Å². The Morgan fingerprint density at radius 2 is 1.91 bits per heavy atom. The molecular formula is C31H25F5N6O. The number of aromatic amines is 1. The highest BCUT2D eigenvalue weighted by Gasteiger charge is 2.51. The number of halogens is 5. The van der Waals surface area contributed by atoms with Gasteiger partial charge in [0, 0.05) is 64.3 Å². The zero-order chi connectivity index (χ0) is 30.0. The van der Waals surface area contributed by atoms with E-state index in [0.717, 1.165) is 28.3 Å². The number of nitrogens with two attached hydrogens (primary N) is 1. The lowest BCUT2D eigenvalue weighted by molar-refractivity contribution is -0.142. The van der Waals surface area contributed by atoms with Crippen molar-refractivity contribution in [3.63, 3.8) is 0 Å². The van der Waals surface area contributed by atoms with E-state index in [1.165, 1.54) is 6.20 Å². The molecule has 0 saturated heterocycles. The summed E-state index contributed by atoms with van der Waals surface area (Å²) < 4.78 is 72.5. The van der Waals surface area contributed by atoms with E-state index in [1.54, 1.807) is 24.5 Å². The van der Waals surface area contributed by atoms with E-state index in [-0.39, 0.29) is 35.8 Å². The van der Waals surface area contributed by atoms with Crippen LogP contribution in [0.3, 0.4) is 0 Å². The van der Waals surface area contributed by atoms with E-state index in [4.69, 9.17) is 5.73 Å². The van der Waals surface area contributed by atoms with Crippen molar-refractivity contribution in [1.29, 1.82) is 0 Å². The predicted octanol–water partition coefficient (Wildman–Crippen LogP) is 6.22. The number of carbonyl (C=O) groups excluding carboxylic acids is 1. The summed E-state index contributed by atoms with van der Waals surface area (Å²) in [4.78, 5) is 25.4. The molecule has 220 valence electrons. The lowest BCUT2D eigenvalue weighted by Gasteiger charge is -2.29. The molecule has 3 unspecified atom stereocenters. The quantitative estimate of drug-likeness (QED) is 0.219. The Morgan fingerprint density at radius 3 is 2.65 bits per heavy atom. The van der Waals surface area contributed by atoms with Crippen molar-refractivity contribution in [1.82, 2.24) is 24.7 Å². The van der Waals surface area contributed by atoms with Gasteiger partial charge in [0.2, 0.25) is 5.91 Å². The van der Waals surface area contributed by atoms with Gasteiger partial charge in [-0.3, -0.25) is 14.5 Å². The number of fused-ring (bicyclic) bond motifs is 4. The summed E-state index contributed by atoms with van der Waals surface area (Å²) >= 11 is 0. The van der Waals surface area contributed by atoms with Crippen molar-refractivity contribution < 1.29 is 26.7 Å². The number of aromatic nitrogens is 5. The fourth-order valence-electron chi connectivity index (χ4n) is 6.67. The highest BCUT2D eigenvalue weighted by atomic mass is 19.4. The zero-order valence-corrected chi connectivity index (χ0v) is 22.6. The van der Waals surface area contributed by atoms with Crippen molar-refractivity contribution in [3.8, 4) is 11.1 Å². The molecule has 4 heterocycles. The molecule has 1 aromatic carbocycles. The van der Waals surface area contributed by atoms with Crippen LogP contribution in [0.2, 0.25) is 0 Å². The lowest BCUT2D eigenvalue weighted by Crippen LogP contribution is -2.35. The van der Waals surface area contributed by atoms with Gasteiger partial charge in [0.25, 0.3) is 0 Å². The van der Waals surface area contributed by atoms with Crippen LogP contribution in [-0.4, -0.2) is 30.6 Å². The average Bonchev–Trinajstić information content (AvgIpc) is 3.41. The van der Waals surface area contributed by atoms with Crippen molar-refractivity contribution in [3.05, 3.63) is 101 Å². The third kappa shape index (κ3) is 4.84. The molecule has 0 aliphatic heterocycles. The van der Waals surface area contributed by atoms with Gasteiger partial charge in [0.1, 0.15) is 23.3 Å². The summed E-state index contributed by atoms with van der Waals surface area (Å²) in [5.74, 6) is -3.60. The Hall–Kier alpha value is -4.61. The van der Waals surface area contributed by atoms with E-state index in [0.29, 0.717) is 41.0 Å². The number of alkyl halides is 3. The first kappa shape index (κ1) is 27.2. The second-order valence-corrected chi connectivity index (χ2v) is 11.3. The minimum atomic E-state index is -4.74. The van der Waals surface area contributed by atoms with Crippen LogP contribution in [0.15, 0.2) is 61.1 Å². The van der Waals surface area contributed by atoms with Gasteiger partial charge in [-0.1, -0.05) is 6.07 Å². The van der Waals surface area contributed by atoms with Gasteiger partial charge in [-0.05, 0) is 67.5 Å². The van der Waals surface area contributed by atoms with Gasteiger partial charge < -0.3 is 10.7 Å². The van der Waals surface area contributed by atoms with Crippen LogP contribution >= 0.6 is 0 Å². The molecule has 7 nitrogen and oxygen atoms in total. The molecule has 4 atom stereocenters. The number of pyridine rings is 2. The van der Waals surface area contributed by atoms with Crippen LogP contribution in [0.5, 0.6) is 0 Å². The van der Waals surface area contributed by atoms with Gasteiger partial charge in [-0.15, -0.1) is 0 Å². The summed E-state index contributed by atoms with van der Waals surface area (Å²) in [6.45, 7) is 0. The molecule has 0 bridgehead atoms. The molecule has 0 radical (unpaired) electrons. The first-order valence-corrected chi connectivity index (χ1v) is 13.9. The van der Waals surface area contributed by atoms with Crippen molar-refractivity contribution in [2.75, 3.05) is 0 Å². The molecule has 2 aliphatic carbocycles. The summed E-state index contributed by atoms with van der Waals surface area (Å²) in [6, 6.07) is 8.68. The Kier molecular flexibility index (Phi) is 6.33. The molecule has 4 aromatic heterocycles. The highest BCUT2D eigenvalue weighted by Crippen LogP contribution is 2.57. The maximum Gasteiger partial charge on any atom is 0.435 e. The Balaban J connectivity index is 1.44. The largest absolute Gasteiger partial charge is 0.435 e. The summed E-state index contributed by atoms with van der Waals surface area (Å²) in [6.07, 6.45) is 1.44. The van der Waals surface area contributed by atoms with E-state index >= 15 is 0 Å².